The van der Waals surface area contributed by atoms with Crippen molar-refractivity contribution >= 4 is 28.9 Å². The topological polar surface area (TPSA) is 53.9 Å². The van der Waals surface area contributed by atoms with Crippen molar-refractivity contribution < 1.29 is 9.53 Å². The zero-order valence-corrected chi connectivity index (χ0v) is 17.0. The smallest absolute Gasteiger partial charge is 0.306 e. The fourth-order valence-electron chi connectivity index (χ4n) is 4.63. The molecule has 0 aromatic heterocycles. The third-order valence-electron chi connectivity index (χ3n) is 6.02. The number of aryl methyl sites for hydroxylation is 1. The van der Waals surface area contributed by atoms with Gasteiger partial charge in [0.25, 0.3) is 5.91 Å². The number of nitrogens with one attached hydrogen (secondary N) is 1. The number of benzene rings is 3. The first kappa shape index (κ1) is 17.5. The van der Waals surface area contributed by atoms with E-state index in [1.54, 1.807) is 6.07 Å². The number of hydrazone groups is 1. The molecule has 1 N–H and O–H groups in total. The Morgan fingerprint density at radius 2 is 1.97 bits per heavy atom. The second-order valence-electron chi connectivity index (χ2n) is 7.91. The maximum Gasteiger partial charge on any atom is 0.306 e. The van der Waals surface area contributed by atoms with Gasteiger partial charge in [0.05, 0.1) is 23.0 Å². The molecule has 5 nitrogen and oxygen atoms in total. The summed E-state index contributed by atoms with van der Waals surface area (Å²) in [7, 11) is 0. The van der Waals surface area contributed by atoms with E-state index in [2.05, 4.69) is 5.32 Å². The molecule has 3 aromatic rings. The molecule has 2 atom stereocenters. The summed E-state index contributed by atoms with van der Waals surface area (Å²) in [6.45, 7) is 2.01. The molecular formula is C24H18ClN3O2. The fraction of sp³-hybridized carbons (Fsp3) is 0.167. The average Bonchev–Trinajstić information content (AvgIpc) is 3.31. The Morgan fingerprint density at radius 3 is 2.80 bits per heavy atom. The van der Waals surface area contributed by atoms with Crippen LogP contribution in [0.1, 0.15) is 34.7 Å². The van der Waals surface area contributed by atoms with Crippen molar-refractivity contribution in [3.05, 3.63) is 94.0 Å². The predicted molar refractivity (Wildman–Crippen MR) is 116 cm³/mol. The van der Waals surface area contributed by atoms with Gasteiger partial charge < -0.3 is 10.1 Å². The zero-order valence-electron chi connectivity index (χ0n) is 16.2. The number of ether oxygens (including phenoxy) is 1. The van der Waals surface area contributed by atoms with Crippen molar-refractivity contribution in [1.82, 2.24) is 5.01 Å². The van der Waals surface area contributed by atoms with E-state index in [0.29, 0.717) is 17.2 Å². The van der Waals surface area contributed by atoms with E-state index >= 15 is 0 Å². The molecule has 3 heterocycles. The molecule has 1 spiro atoms. The lowest BCUT2D eigenvalue weighted by Gasteiger charge is -2.44. The molecule has 6 heteroatoms. The molecule has 1 amide bonds. The normalized spacial score (nSPS) is 23.4. The van der Waals surface area contributed by atoms with Crippen LogP contribution in [-0.4, -0.2) is 16.6 Å². The van der Waals surface area contributed by atoms with Crippen LogP contribution in [0.3, 0.4) is 0 Å². The lowest BCUT2D eigenvalue weighted by atomic mass is 9.92. The molecule has 0 bridgehead atoms. The van der Waals surface area contributed by atoms with Crippen molar-refractivity contribution in [3.8, 4) is 5.75 Å². The number of nitrogens with zero attached hydrogens (tertiary/aromatic N) is 2. The highest BCUT2D eigenvalue weighted by atomic mass is 35.5. The van der Waals surface area contributed by atoms with Crippen LogP contribution in [0.4, 0.5) is 5.69 Å². The Balaban J connectivity index is 1.60. The maximum atomic E-state index is 13.4. The fourth-order valence-corrected chi connectivity index (χ4v) is 4.81. The molecule has 3 aromatic carbocycles. The summed E-state index contributed by atoms with van der Waals surface area (Å²) in [4.78, 5) is 13.4. The van der Waals surface area contributed by atoms with Gasteiger partial charge >= 0.3 is 5.72 Å². The summed E-state index contributed by atoms with van der Waals surface area (Å²) >= 11 is 6.31. The minimum absolute atomic E-state index is 0.153. The summed E-state index contributed by atoms with van der Waals surface area (Å²) in [5.74, 6) is 0.432. The second-order valence-corrected chi connectivity index (χ2v) is 8.35. The van der Waals surface area contributed by atoms with Gasteiger partial charge in [-0.05, 0) is 42.8 Å². The van der Waals surface area contributed by atoms with Gasteiger partial charge in [-0.15, -0.1) is 0 Å². The van der Waals surface area contributed by atoms with Crippen molar-refractivity contribution in [2.24, 2.45) is 5.10 Å². The number of amides is 1. The molecule has 0 aliphatic carbocycles. The molecule has 0 fully saturated rings. The van der Waals surface area contributed by atoms with Gasteiger partial charge in [0, 0.05) is 17.0 Å². The van der Waals surface area contributed by atoms with Crippen LogP contribution in [0.5, 0.6) is 5.75 Å². The Labute approximate surface area is 178 Å². The van der Waals surface area contributed by atoms with E-state index < -0.39 is 5.72 Å². The third-order valence-corrected chi connectivity index (χ3v) is 6.26. The van der Waals surface area contributed by atoms with Crippen LogP contribution in [0.2, 0.25) is 5.02 Å². The standard InChI is InChI=1S/C24H18ClN3O2/c1-14-7-9-19-18(11-14)24(23(29)26-19)28-21(17-12-16(25)8-10-22(17)30-24)13-20(27-28)15-5-3-2-4-6-15/h2-12,21H,13H2,1H3,(H,26,29). The molecule has 3 aliphatic heterocycles. The van der Waals surface area contributed by atoms with Gasteiger partial charge in [0.15, 0.2) is 0 Å². The first-order valence-corrected chi connectivity index (χ1v) is 10.3. The number of anilines is 1. The molecular weight excluding hydrogens is 398 g/mol. The van der Waals surface area contributed by atoms with Gasteiger partial charge in [0.2, 0.25) is 0 Å². The van der Waals surface area contributed by atoms with Gasteiger partial charge in [0.1, 0.15) is 5.75 Å². The van der Waals surface area contributed by atoms with E-state index in [1.807, 2.05) is 72.6 Å². The van der Waals surface area contributed by atoms with Crippen molar-refractivity contribution in [2.45, 2.75) is 25.1 Å². The molecule has 3 aliphatic rings. The maximum absolute atomic E-state index is 13.4. The highest BCUT2D eigenvalue weighted by molar-refractivity contribution is 6.30. The number of rotatable bonds is 1. The highest BCUT2D eigenvalue weighted by Crippen LogP contribution is 2.54. The molecule has 6 rings (SSSR count). The average molecular weight is 416 g/mol. The van der Waals surface area contributed by atoms with E-state index in [-0.39, 0.29) is 11.9 Å². The summed E-state index contributed by atoms with van der Waals surface area (Å²) in [6.07, 6.45) is 0.664. The van der Waals surface area contributed by atoms with Gasteiger partial charge in [-0.25, -0.2) is 5.01 Å². The number of fused-ring (bicyclic) bond motifs is 6. The monoisotopic (exact) mass is 415 g/mol. The Morgan fingerprint density at radius 1 is 1.13 bits per heavy atom. The minimum atomic E-state index is -1.34. The zero-order chi connectivity index (χ0) is 20.5. The molecule has 30 heavy (non-hydrogen) atoms. The number of carbonyl (C=O) groups is 1. The summed E-state index contributed by atoms with van der Waals surface area (Å²) in [5, 5.41) is 10.4. The number of hydrogen-bond acceptors (Lipinski definition) is 4. The van der Waals surface area contributed by atoms with Crippen molar-refractivity contribution in [2.75, 3.05) is 5.32 Å². The van der Waals surface area contributed by atoms with E-state index in [4.69, 9.17) is 21.4 Å². The molecule has 148 valence electrons. The number of halogens is 1. The second kappa shape index (κ2) is 6.09. The van der Waals surface area contributed by atoms with Gasteiger partial charge in [-0.3, -0.25) is 4.79 Å². The third kappa shape index (κ3) is 2.30. The minimum Gasteiger partial charge on any atom is -0.453 e. The van der Waals surface area contributed by atoms with Crippen LogP contribution >= 0.6 is 11.6 Å². The summed E-state index contributed by atoms with van der Waals surface area (Å²) in [6, 6.07) is 21.3. The van der Waals surface area contributed by atoms with Crippen LogP contribution < -0.4 is 10.1 Å². The Hall–Kier alpha value is -3.31. The molecule has 0 saturated carbocycles. The van der Waals surface area contributed by atoms with Crippen LogP contribution in [0.25, 0.3) is 0 Å². The van der Waals surface area contributed by atoms with Crippen LogP contribution in [-0.2, 0) is 10.5 Å². The van der Waals surface area contributed by atoms with E-state index in [9.17, 15) is 4.79 Å². The van der Waals surface area contributed by atoms with Crippen LogP contribution in [0, 0.1) is 6.92 Å². The lowest BCUT2D eigenvalue weighted by molar-refractivity contribution is -0.161. The quantitative estimate of drug-likeness (QED) is 0.608. The number of carbonyl (C=O) groups excluding carboxylic acids is 1. The van der Waals surface area contributed by atoms with Gasteiger partial charge in [-0.1, -0.05) is 53.6 Å². The summed E-state index contributed by atoms with van der Waals surface area (Å²) in [5.41, 5.74) is 4.15. The number of hydrogen-bond donors (Lipinski definition) is 1. The first-order chi connectivity index (χ1) is 14.6. The highest BCUT2D eigenvalue weighted by Gasteiger charge is 2.60. The summed E-state index contributed by atoms with van der Waals surface area (Å²) < 4.78 is 6.48. The van der Waals surface area contributed by atoms with Crippen LogP contribution in [0.15, 0.2) is 71.8 Å². The van der Waals surface area contributed by atoms with E-state index in [1.165, 1.54) is 0 Å². The Bertz CT molecular complexity index is 1240. The predicted octanol–water partition coefficient (Wildman–Crippen LogP) is 5.00. The van der Waals surface area contributed by atoms with Crippen molar-refractivity contribution in [3.63, 3.8) is 0 Å². The molecule has 0 saturated heterocycles. The van der Waals surface area contributed by atoms with E-state index in [0.717, 1.165) is 33.7 Å². The SMILES string of the molecule is Cc1ccc2c(c1)C1(Oc3ccc(Cl)cc3C3CC(c4ccccc4)=NN31)C(=O)N2. The largest absolute Gasteiger partial charge is 0.453 e. The van der Waals surface area contributed by atoms with Gasteiger partial charge in [-0.2, -0.15) is 5.10 Å². The Kier molecular flexibility index (Phi) is 3.56. The first-order valence-electron chi connectivity index (χ1n) is 9.89. The molecule has 2 unspecified atom stereocenters. The molecule has 0 radical (unpaired) electrons. The van der Waals surface area contributed by atoms with Crippen molar-refractivity contribution in [1.29, 1.82) is 0 Å². The lowest BCUT2D eigenvalue weighted by Crippen LogP contribution is -2.55.